The van der Waals surface area contributed by atoms with Gasteiger partial charge >= 0.3 is 0 Å². The summed E-state index contributed by atoms with van der Waals surface area (Å²) in [5.74, 6) is 0.128. The van der Waals surface area contributed by atoms with Gasteiger partial charge < -0.3 is 15.3 Å². The Balaban J connectivity index is 1.72. The second kappa shape index (κ2) is 4.61. The molecule has 1 saturated heterocycles. The molecule has 0 spiro atoms. The van der Waals surface area contributed by atoms with Crippen LogP contribution in [0.25, 0.3) is 0 Å². The Morgan fingerprint density at radius 1 is 1.44 bits per heavy atom. The highest BCUT2D eigenvalue weighted by molar-refractivity contribution is 5.87. The van der Waals surface area contributed by atoms with Crippen LogP contribution in [-0.4, -0.2) is 41.1 Å². The van der Waals surface area contributed by atoms with Gasteiger partial charge in [-0.05, 0) is 24.5 Å². The molecule has 0 bridgehead atoms. The largest absolute Gasteiger partial charge is 0.394 e. The molecule has 3 rings (SSSR count). The van der Waals surface area contributed by atoms with Crippen molar-refractivity contribution < 1.29 is 9.90 Å². The molecule has 4 heteroatoms. The van der Waals surface area contributed by atoms with Crippen molar-refractivity contribution in [2.24, 2.45) is 0 Å². The number of benzene rings is 1. The molecule has 1 fully saturated rings. The number of amides is 1. The smallest absolute Gasteiger partial charge is 0.245 e. The van der Waals surface area contributed by atoms with E-state index in [1.165, 1.54) is 5.56 Å². The van der Waals surface area contributed by atoms with Crippen LogP contribution in [-0.2, 0) is 11.2 Å². The summed E-state index contributed by atoms with van der Waals surface area (Å²) in [4.78, 5) is 14.3. The number of aliphatic hydroxyl groups is 1. The zero-order valence-electron chi connectivity index (χ0n) is 10.3. The van der Waals surface area contributed by atoms with E-state index in [1.54, 1.807) is 0 Å². The van der Waals surface area contributed by atoms with Crippen LogP contribution < -0.4 is 5.32 Å². The molecule has 2 N–H and O–H groups in total. The molecule has 0 aliphatic carbocycles. The van der Waals surface area contributed by atoms with Gasteiger partial charge in [-0.25, -0.2) is 0 Å². The average Bonchev–Trinajstić information content (AvgIpc) is 3.03. The molecule has 2 heterocycles. The minimum absolute atomic E-state index is 0.0167. The third-order valence-electron chi connectivity index (χ3n) is 3.94. The quantitative estimate of drug-likeness (QED) is 0.818. The number of aliphatic hydroxyl groups excluding tert-OH is 1. The van der Waals surface area contributed by atoms with E-state index in [9.17, 15) is 9.90 Å². The first kappa shape index (κ1) is 11.5. The fraction of sp³-hybridized carbons (Fsp3) is 0.500. The highest BCUT2D eigenvalue weighted by Gasteiger charge is 2.35. The van der Waals surface area contributed by atoms with Crippen LogP contribution in [0.2, 0.25) is 0 Å². The van der Waals surface area contributed by atoms with E-state index < -0.39 is 0 Å². The van der Waals surface area contributed by atoms with Crippen molar-refractivity contribution >= 4 is 11.6 Å². The average molecular weight is 246 g/mol. The van der Waals surface area contributed by atoms with Gasteiger partial charge in [-0.3, -0.25) is 4.79 Å². The molecule has 1 aromatic rings. The number of carbonyl (C=O) groups excluding carboxylic acids is 1. The molecular formula is C14H18N2O2. The first-order valence-electron chi connectivity index (χ1n) is 6.55. The molecule has 96 valence electrons. The highest BCUT2D eigenvalue weighted by Crippen LogP contribution is 2.27. The molecule has 4 nitrogen and oxygen atoms in total. The summed E-state index contributed by atoms with van der Waals surface area (Å²) in [6.07, 6.45) is 2.67. The monoisotopic (exact) mass is 246 g/mol. The fourth-order valence-corrected chi connectivity index (χ4v) is 2.96. The molecule has 0 saturated carbocycles. The summed E-state index contributed by atoms with van der Waals surface area (Å²) in [5, 5.41) is 12.6. The number of nitrogens with zero attached hydrogens (tertiary/aromatic N) is 1. The van der Waals surface area contributed by atoms with Gasteiger partial charge in [0.1, 0.15) is 6.04 Å². The number of anilines is 1. The summed E-state index contributed by atoms with van der Waals surface area (Å²) < 4.78 is 0. The number of fused-ring (bicyclic) bond motifs is 1. The van der Waals surface area contributed by atoms with Crippen LogP contribution in [0.1, 0.15) is 18.4 Å². The highest BCUT2D eigenvalue weighted by atomic mass is 16.3. The van der Waals surface area contributed by atoms with Gasteiger partial charge in [-0.2, -0.15) is 0 Å². The predicted octanol–water partition coefficient (Wildman–Crippen LogP) is 1.01. The number of para-hydroxylation sites is 1. The summed E-state index contributed by atoms with van der Waals surface area (Å²) in [6.45, 7) is 0.851. The summed E-state index contributed by atoms with van der Waals surface area (Å²) in [7, 11) is 0. The maximum Gasteiger partial charge on any atom is 0.245 e. The van der Waals surface area contributed by atoms with Gasteiger partial charge in [0.05, 0.1) is 12.6 Å². The van der Waals surface area contributed by atoms with Gasteiger partial charge in [0.25, 0.3) is 0 Å². The minimum Gasteiger partial charge on any atom is -0.394 e. The number of likely N-dealkylation sites (tertiary alicyclic amines) is 1. The maximum atomic E-state index is 12.4. The molecule has 0 aromatic heterocycles. The molecule has 2 aliphatic rings. The Morgan fingerprint density at radius 2 is 2.28 bits per heavy atom. The second-order valence-corrected chi connectivity index (χ2v) is 5.07. The zero-order chi connectivity index (χ0) is 12.5. The van der Waals surface area contributed by atoms with Crippen LogP contribution in [0.3, 0.4) is 0 Å². The van der Waals surface area contributed by atoms with Crippen molar-refractivity contribution in [1.29, 1.82) is 0 Å². The molecule has 1 unspecified atom stereocenters. The topological polar surface area (TPSA) is 52.6 Å². The third-order valence-corrected chi connectivity index (χ3v) is 3.94. The summed E-state index contributed by atoms with van der Waals surface area (Å²) >= 11 is 0. The number of hydrogen-bond acceptors (Lipinski definition) is 3. The Bertz CT molecular complexity index is 436. The van der Waals surface area contributed by atoms with Gasteiger partial charge in [-0.15, -0.1) is 0 Å². The van der Waals surface area contributed by atoms with Crippen LogP contribution in [0.5, 0.6) is 0 Å². The summed E-state index contributed by atoms with van der Waals surface area (Å²) in [6, 6.07) is 7.90. The Labute approximate surface area is 107 Å². The molecule has 1 amide bonds. The predicted molar refractivity (Wildman–Crippen MR) is 69.4 cm³/mol. The molecule has 0 radical (unpaired) electrons. The van der Waals surface area contributed by atoms with Crippen molar-refractivity contribution in [3.05, 3.63) is 29.8 Å². The lowest BCUT2D eigenvalue weighted by Crippen LogP contribution is -2.45. The van der Waals surface area contributed by atoms with E-state index in [-0.39, 0.29) is 24.6 Å². The third kappa shape index (κ3) is 1.86. The number of carbonyl (C=O) groups is 1. The first-order chi connectivity index (χ1) is 8.79. The van der Waals surface area contributed by atoms with Crippen molar-refractivity contribution in [2.75, 3.05) is 18.5 Å². The molecule has 2 atom stereocenters. The molecule has 1 aromatic carbocycles. The van der Waals surface area contributed by atoms with E-state index in [1.807, 2.05) is 23.1 Å². The molecule has 18 heavy (non-hydrogen) atoms. The Morgan fingerprint density at radius 3 is 3.06 bits per heavy atom. The Kier molecular flexibility index (Phi) is 2.96. The second-order valence-electron chi connectivity index (χ2n) is 5.07. The van der Waals surface area contributed by atoms with Crippen LogP contribution in [0, 0.1) is 0 Å². The van der Waals surface area contributed by atoms with E-state index >= 15 is 0 Å². The SMILES string of the molecule is O=C(C1Cc2ccccc2N1)N1CCC[C@@H]1CO. The van der Waals surface area contributed by atoms with Crippen molar-refractivity contribution in [3.63, 3.8) is 0 Å². The van der Waals surface area contributed by atoms with Gasteiger partial charge in [0, 0.05) is 18.7 Å². The van der Waals surface area contributed by atoms with Crippen LogP contribution in [0.4, 0.5) is 5.69 Å². The zero-order valence-corrected chi connectivity index (χ0v) is 10.3. The van der Waals surface area contributed by atoms with Crippen molar-refractivity contribution in [3.8, 4) is 0 Å². The number of hydrogen-bond donors (Lipinski definition) is 2. The van der Waals surface area contributed by atoms with Gasteiger partial charge in [0.15, 0.2) is 0 Å². The lowest BCUT2D eigenvalue weighted by Gasteiger charge is -2.26. The van der Waals surface area contributed by atoms with Crippen LogP contribution >= 0.6 is 0 Å². The molecule has 2 aliphatic heterocycles. The lowest BCUT2D eigenvalue weighted by molar-refractivity contribution is -0.133. The van der Waals surface area contributed by atoms with Gasteiger partial charge in [-0.1, -0.05) is 18.2 Å². The number of rotatable bonds is 2. The lowest BCUT2D eigenvalue weighted by atomic mass is 10.1. The minimum atomic E-state index is -0.158. The van der Waals surface area contributed by atoms with E-state index in [4.69, 9.17) is 0 Å². The standard InChI is InChI=1S/C14H18N2O2/c17-9-11-5-3-7-16(11)14(18)13-8-10-4-1-2-6-12(10)15-13/h1-2,4,6,11,13,15,17H,3,5,7-9H2/t11-,13?/m1/s1. The normalized spacial score (nSPS) is 25.9. The van der Waals surface area contributed by atoms with Crippen molar-refractivity contribution in [2.45, 2.75) is 31.3 Å². The van der Waals surface area contributed by atoms with Crippen LogP contribution in [0.15, 0.2) is 24.3 Å². The van der Waals surface area contributed by atoms with Crippen molar-refractivity contribution in [1.82, 2.24) is 4.90 Å². The van der Waals surface area contributed by atoms with E-state index in [2.05, 4.69) is 11.4 Å². The van der Waals surface area contributed by atoms with Gasteiger partial charge in [0.2, 0.25) is 5.91 Å². The fourth-order valence-electron chi connectivity index (χ4n) is 2.96. The van der Waals surface area contributed by atoms with E-state index in [0.717, 1.165) is 31.5 Å². The van der Waals surface area contributed by atoms with E-state index in [0.29, 0.717) is 0 Å². The maximum absolute atomic E-state index is 12.4. The first-order valence-corrected chi connectivity index (χ1v) is 6.55. The Hall–Kier alpha value is -1.55. The summed E-state index contributed by atoms with van der Waals surface area (Å²) in [5.41, 5.74) is 2.27. The number of nitrogens with one attached hydrogen (secondary N) is 1. The molecular weight excluding hydrogens is 228 g/mol.